The first-order chi connectivity index (χ1) is 11.3. The predicted octanol–water partition coefficient (Wildman–Crippen LogP) is 2.60. The number of hydrogen-bond acceptors (Lipinski definition) is 3. The molecule has 4 nitrogen and oxygen atoms in total. The topological polar surface area (TPSA) is 54.5 Å². The predicted molar refractivity (Wildman–Crippen MR) is 83.0 cm³/mol. The van der Waals surface area contributed by atoms with Crippen molar-refractivity contribution >= 4 is 21.4 Å². The normalized spacial score (nSPS) is 23.0. The molecular formula is C16H18F3NO3S. The van der Waals surface area contributed by atoms with Crippen LogP contribution >= 0.6 is 0 Å². The average molecular weight is 361 g/mol. The molecule has 1 aromatic rings. The molecule has 3 rings (SSSR count). The molecule has 0 aliphatic carbocycles. The van der Waals surface area contributed by atoms with Crippen molar-refractivity contribution in [2.24, 2.45) is 5.92 Å². The Bertz CT molecular complexity index is 779. The third-order valence-electron chi connectivity index (χ3n) is 4.64. The molecule has 2 heterocycles. The van der Waals surface area contributed by atoms with Gasteiger partial charge in [-0.2, -0.15) is 0 Å². The van der Waals surface area contributed by atoms with Gasteiger partial charge in [0.2, 0.25) is 5.91 Å². The summed E-state index contributed by atoms with van der Waals surface area (Å²) < 4.78 is 64.8. The molecule has 132 valence electrons. The summed E-state index contributed by atoms with van der Waals surface area (Å²) in [5.41, 5.74) is -0.327. The van der Waals surface area contributed by atoms with E-state index in [0.29, 0.717) is 25.3 Å². The largest absolute Gasteiger partial charge is 0.309 e. The number of hydrogen-bond donors (Lipinski definition) is 0. The van der Waals surface area contributed by atoms with E-state index >= 15 is 0 Å². The lowest BCUT2D eigenvalue weighted by Crippen LogP contribution is -2.39. The van der Waals surface area contributed by atoms with Crippen molar-refractivity contribution in [3.8, 4) is 0 Å². The molecule has 0 N–H and O–H groups in total. The lowest BCUT2D eigenvalue weighted by molar-refractivity contribution is -0.119. The number of fused-ring (bicyclic) bond motifs is 1. The van der Waals surface area contributed by atoms with Crippen molar-refractivity contribution in [2.45, 2.75) is 32.1 Å². The van der Waals surface area contributed by atoms with Crippen LogP contribution in [0.1, 0.15) is 31.2 Å². The second-order valence-electron chi connectivity index (χ2n) is 6.46. The van der Waals surface area contributed by atoms with Crippen LogP contribution in [0.3, 0.4) is 0 Å². The van der Waals surface area contributed by atoms with Crippen LogP contribution in [0, 0.1) is 23.4 Å². The van der Waals surface area contributed by atoms with Crippen molar-refractivity contribution in [2.75, 3.05) is 23.0 Å². The van der Waals surface area contributed by atoms with Gasteiger partial charge in [0.1, 0.15) is 5.82 Å². The highest BCUT2D eigenvalue weighted by Crippen LogP contribution is 2.34. The molecule has 1 saturated heterocycles. The van der Waals surface area contributed by atoms with Crippen molar-refractivity contribution in [1.29, 1.82) is 0 Å². The maximum Gasteiger partial charge on any atom is 0.227 e. The molecule has 0 aromatic heterocycles. The minimum atomic E-state index is -3.14. The summed E-state index contributed by atoms with van der Waals surface area (Å²) in [5.74, 6) is -4.03. The fourth-order valence-electron chi connectivity index (χ4n) is 3.57. The Hall–Kier alpha value is -1.57. The van der Waals surface area contributed by atoms with Gasteiger partial charge in [-0.05, 0) is 31.6 Å². The van der Waals surface area contributed by atoms with Gasteiger partial charge in [0.25, 0.3) is 0 Å². The van der Waals surface area contributed by atoms with E-state index in [1.165, 1.54) is 0 Å². The van der Waals surface area contributed by atoms with E-state index in [4.69, 9.17) is 0 Å². The van der Waals surface area contributed by atoms with E-state index < -0.39 is 33.2 Å². The Balaban J connectivity index is 1.84. The molecule has 1 atom stereocenters. The zero-order chi connectivity index (χ0) is 17.5. The maximum absolute atomic E-state index is 14.1. The van der Waals surface area contributed by atoms with Gasteiger partial charge in [0.15, 0.2) is 21.5 Å². The van der Waals surface area contributed by atoms with E-state index in [1.54, 1.807) is 0 Å². The Kier molecular flexibility index (Phi) is 4.59. The molecule has 8 heteroatoms. The van der Waals surface area contributed by atoms with Crippen LogP contribution in [-0.4, -0.2) is 32.4 Å². The van der Waals surface area contributed by atoms with Crippen molar-refractivity contribution in [3.05, 3.63) is 29.1 Å². The molecule has 2 aliphatic heterocycles. The molecule has 1 unspecified atom stereocenters. The first kappa shape index (κ1) is 17.3. The number of amides is 1. The molecule has 1 amide bonds. The van der Waals surface area contributed by atoms with Crippen LogP contribution in [0.15, 0.2) is 6.07 Å². The van der Waals surface area contributed by atoms with Crippen LogP contribution in [0.25, 0.3) is 0 Å². The van der Waals surface area contributed by atoms with Crippen molar-refractivity contribution < 1.29 is 26.4 Å². The molecule has 1 fully saturated rings. The van der Waals surface area contributed by atoms with Gasteiger partial charge < -0.3 is 4.90 Å². The Morgan fingerprint density at radius 1 is 1.21 bits per heavy atom. The zero-order valence-electron chi connectivity index (χ0n) is 13.0. The smallest absolute Gasteiger partial charge is 0.227 e. The number of benzene rings is 1. The summed E-state index contributed by atoms with van der Waals surface area (Å²) in [6, 6.07) is 0.449. The van der Waals surface area contributed by atoms with Crippen molar-refractivity contribution in [1.82, 2.24) is 0 Å². The quantitative estimate of drug-likeness (QED) is 0.761. The highest BCUT2D eigenvalue weighted by atomic mass is 32.2. The van der Waals surface area contributed by atoms with Crippen LogP contribution in [0.4, 0.5) is 18.9 Å². The van der Waals surface area contributed by atoms with Crippen LogP contribution in [0.5, 0.6) is 0 Å². The highest BCUT2D eigenvalue weighted by Gasteiger charge is 2.33. The van der Waals surface area contributed by atoms with Gasteiger partial charge in [-0.25, -0.2) is 21.6 Å². The average Bonchev–Trinajstić information content (AvgIpc) is 2.51. The molecule has 0 bridgehead atoms. The van der Waals surface area contributed by atoms with E-state index in [-0.39, 0.29) is 48.1 Å². The molecule has 1 aromatic carbocycles. The first-order valence-electron chi connectivity index (χ1n) is 7.95. The number of carbonyl (C=O) groups excluding carboxylic acids is 1. The second-order valence-corrected chi connectivity index (χ2v) is 8.69. The summed E-state index contributed by atoms with van der Waals surface area (Å²) in [5, 5.41) is 0. The Labute approximate surface area is 138 Å². The summed E-state index contributed by atoms with van der Waals surface area (Å²) in [6.07, 6.45) is 1.66. The van der Waals surface area contributed by atoms with E-state index in [2.05, 4.69) is 0 Å². The minimum Gasteiger partial charge on any atom is -0.309 e. The van der Waals surface area contributed by atoms with Gasteiger partial charge in [-0.1, -0.05) is 0 Å². The fourth-order valence-corrected chi connectivity index (χ4v) is 5.34. The summed E-state index contributed by atoms with van der Waals surface area (Å²) in [6.45, 7) is 0.216. The molecule has 2 aliphatic rings. The number of rotatable bonds is 2. The molecule has 0 spiro atoms. The minimum absolute atomic E-state index is 0.0306. The monoisotopic (exact) mass is 361 g/mol. The second kappa shape index (κ2) is 6.38. The summed E-state index contributed by atoms with van der Waals surface area (Å²) >= 11 is 0. The SMILES string of the molecule is O=C(CC1CCCS(=O)(=O)C1)N1CCCc2c(F)c(F)cc(F)c21. The van der Waals surface area contributed by atoms with E-state index in [0.717, 1.165) is 4.90 Å². The van der Waals surface area contributed by atoms with Crippen LogP contribution < -0.4 is 4.90 Å². The van der Waals surface area contributed by atoms with E-state index in [9.17, 15) is 26.4 Å². The molecular weight excluding hydrogens is 343 g/mol. The van der Waals surface area contributed by atoms with Crippen molar-refractivity contribution in [3.63, 3.8) is 0 Å². The number of carbonyl (C=O) groups is 1. The van der Waals surface area contributed by atoms with Gasteiger partial charge >= 0.3 is 0 Å². The van der Waals surface area contributed by atoms with Crippen LogP contribution in [-0.2, 0) is 21.1 Å². The van der Waals surface area contributed by atoms with Gasteiger partial charge in [0.05, 0.1) is 17.2 Å². The maximum atomic E-state index is 14.1. The van der Waals surface area contributed by atoms with Gasteiger partial charge in [-0.3, -0.25) is 4.79 Å². The number of halogens is 3. The van der Waals surface area contributed by atoms with E-state index in [1.807, 2.05) is 0 Å². The Morgan fingerprint density at radius 2 is 1.96 bits per heavy atom. The highest BCUT2D eigenvalue weighted by molar-refractivity contribution is 7.91. The first-order valence-corrected chi connectivity index (χ1v) is 9.78. The lowest BCUT2D eigenvalue weighted by atomic mass is 9.97. The summed E-state index contributed by atoms with van der Waals surface area (Å²) in [7, 11) is -3.14. The molecule has 0 saturated carbocycles. The standard InChI is InChI=1S/C16H18F3NO3S/c17-12-8-13(18)16-11(15(12)19)4-1-5-20(16)14(21)7-10-3-2-6-24(22,23)9-10/h8,10H,1-7,9H2. The third kappa shape index (κ3) is 3.29. The number of anilines is 1. The zero-order valence-corrected chi connectivity index (χ0v) is 13.8. The van der Waals surface area contributed by atoms with Crippen LogP contribution in [0.2, 0.25) is 0 Å². The van der Waals surface area contributed by atoms with Gasteiger partial charge in [0, 0.05) is 24.6 Å². The molecule has 0 radical (unpaired) electrons. The number of nitrogens with zero attached hydrogens (tertiary/aromatic N) is 1. The number of sulfone groups is 1. The summed E-state index contributed by atoms with van der Waals surface area (Å²) in [4.78, 5) is 13.7. The van der Waals surface area contributed by atoms with Gasteiger partial charge in [-0.15, -0.1) is 0 Å². The Morgan fingerprint density at radius 3 is 2.67 bits per heavy atom. The third-order valence-corrected chi connectivity index (χ3v) is 6.53. The fraction of sp³-hybridized carbons (Fsp3) is 0.562. The lowest BCUT2D eigenvalue weighted by Gasteiger charge is -2.32. The molecule has 24 heavy (non-hydrogen) atoms.